The van der Waals surface area contributed by atoms with Gasteiger partial charge in [-0.1, -0.05) is 0 Å². The van der Waals surface area contributed by atoms with Gasteiger partial charge in [-0.15, -0.1) is 0 Å². The summed E-state index contributed by atoms with van der Waals surface area (Å²) in [4.78, 5) is 9.86. The Bertz CT molecular complexity index is 125. The van der Waals surface area contributed by atoms with Gasteiger partial charge in [0.2, 0.25) is 0 Å². The molecule has 0 heterocycles. The van der Waals surface area contributed by atoms with E-state index in [-0.39, 0.29) is 12.2 Å². The molecule has 0 aromatic carbocycles. The molecule has 0 aromatic heterocycles. The molecule has 0 aliphatic carbocycles. The molecule has 1 unspecified atom stereocenters. The first-order valence-corrected chi connectivity index (χ1v) is 3.76. The third-order valence-corrected chi connectivity index (χ3v) is 1.76. The second-order valence-corrected chi connectivity index (χ2v) is 2.91. The molecule has 0 amide bonds. The van der Waals surface area contributed by atoms with E-state index in [1.165, 1.54) is 7.05 Å². The number of aliphatic carboxylic acids is 1. The lowest BCUT2D eigenvalue weighted by Gasteiger charge is -1.93. The normalized spacial score (nSPS) is 13.0. The molecule has 0 aliphatic rings. The average molecular weight is 151 g/mol. The van der Waals surface area contributed by atoms with E-state index in [1.807, 2.05) is 0 Å². The average Bonchev–Trinajstić information content (AvgIpc) is 1.83. The maximum atomic E-state index is 10.5. The van der Waals surface area contributed by atoms with Crippen LogP contribution in [-0.4, -0.2) is 28.1 Å². The Balaban J connectivity index is 3.28. The highest BCUT2D eigenvalue weighted by atomic mass is 32.2. The Kier molecular flexibility index (Phi) is 4.25. The highest BCUT2D eigenvalue weighted by molar-refractivity contribution is 7.83. The first kappa shape index (κ1) is 8.58. The summed E-state index contributed by atoms with van der Waals surface area (Å²) in [7, 11) is 0.347. The van der Waals surface area contributed by atoms with Gasteiger partial charge in [-0.2, -0.15) is 0 Å². The Morgan fingerprint density at radius 3 is 2.67 bits per heavy atom. The summed E-state index contributed by atoms with van der Waals surface area (Å²) >= 11 is 0. The Hall–Kier alpha value is -0.420. The molecule has 0 aromatic rings. The molecule has 1 atom stereocenters. The number of rotatable bonds is 4. The highest BCUT2D eigenvalue weighted by Gasteiger charge is 1.99. The molecule has 0 rings (SSSR count). The number of carboxylic acids is 1. The number of nitrogens with one attached hydrogen (secondary N) is 1. The first-order valence-electron chi connectivity index (χ1n) is 2.44. The van der Waals surface area contributed by atoms with Crippen molar-refractivity contribution in [3.05, 3.63) is 0 Å². The Morgan fingerprint density at radius 2 is 2.33 bits per heavy atom. The van der Waals surface area contributed by atoms with Gasteiger partial charge in [0.05, 0.1) is 17.4 Å². The standard InChI is InChI=1S/C4H9NO3S/c1-5-9(8)3-2-4(6)7/h5H,2-3H2,1H3,(H,6,7). The van der Waals surface area contributed by atoms with Crippen LogP contribution in [0.25, 0.3) is 0 Å². The summed E-state index contributed by atoms with van der Waals surface area (Å²) in [5.74, 6) is -0.746. The lowest BCUT2D eigenvalue weighted by molar-refractivity contribution is -0.136. The molecule has 54 valence electrons. The minimum Gasteiger partial charge on any atom is -0.481 e. The molecule has 9 heavy (non-hydrogen) atoms. The number of carboxylic acid groups (broad SMARTS) is 1. The zero-order chi connectivity index (χ0) is 7.28. The molecule has 2 N–H and O–H groups in total. The van der Waals surface area contributed by atoms with Crippen LogP contribution in [-0.2, 0) is 15.8 Å². The van der Waals surface area contributed by atoms with Crippen LogP contribution < -0.4 is 4.72 Å². The lowest BCUT2D eigenvalue weighted by atomic mass is 10.5. The number of hydrogen-bond donors (Lipinski definition) is 2. The van der Waals surface area contributed by atoms with Gasteiger partial charge in [0.25, 0.3) is 0 Å². The van der Waals surface area contributed by atoms with Crippen molar-refractivity contribution in [1.29, 1.82) is 0 Å². The van der Waals surface area contributed by atoms with Crippen molar-refractivity contribution in [3.63, 3.8) is 0 Å². The molecule has 0 aliphatic heterocycles. The first-order chi connectivity index (χ1) is 4.16. The van der Waals surface area contributed by atoms with Gasteiger partial charge in [0.15, 0.2) is 0 Å². The van der Waals surface area contributed by atoms with E-state index < -0.39 is 17.0 Å². The van der Waals surface area contributed by atoms with E-state index in [0.717, 1.165) is 0 Å². The van der Waals surface area contributed by atoms with Crippen molar-refractivity contribution < 1.29 is 14.1 Å². The Labute approximate surface area is 55.8 Å². The molecule has 4 nitrogen and oxygen atoms in total. The number of hydrogen-bond acceptors (Lipinski definition) is 2. The molecule has 0 saturated carbocycles. The summed E-state index contributed by atoms with van der Waals surface area (Å²) in [5, 5.41) is 8.10. The van der Waals surface area contributed by atoms with Crippen molar-refractivity contribution >= 4 is 17.0 Å². The van der Waals surface area contributed by atoms with Gasteiger partial charge in [-0.3, -0.25) is 4.79 Å². The van der Waals surface area contributed by atoms with E-state index in [0.29, 0.717) is 0 Å². The third-order valence-electron chi connectivity index (χ3n) is 0.729. The molecular weight excluding hydrogens is 142 g/mol. The zero-order valence-electron chi connectivity index (χ0n) is 5.09. The fourth-order valence-corrected chi connectivity index (χ4v) is 0.846. The predicted molar refractivity (Wildman–Crippen MR) is 34.3 cm³/mol. The smallest absolute Gasteiger partial charge is 0.304 e. The predicted octanol–water partition coefficient (Wildman–Crippen LogP) is -0.656. The zero-order valence-corrected chi connectivity index (χ0v) is 5.90. The van der Waals surface area contributed by atoms with Crippen molar-refractivity contribution in [3.8, 4) is 0 Å². The van der Waals surface area contributed by atoms with Gasteiger partial charge in [-0.25, -0.2) is 8.93 Å². The van der Waals surface area contributed by atoms with Crippen LogP contribution in [0, 0.1) is 0 Å². The van der Waals surface area contributed by atoms with Gasteiger partial charge in [-0.05, 0) is 7.05 Å². The van der Waals surface area contributed by atoms with Crippen LogP contribution in [0.2, 0.25) is 0 Å². The van der Waals surface area contributed by atoms with Crippen LogP contribution in [0.3, 0.4) is 0 Å². The molecule has 0 fully saturated rings. The molecule has 0 radical (unpaired) electrons. The van der Waals surface area contributed by atoms with Crippen LogP contribution in [0.15, 0.2) is 0 Å². The van der Waals surface area contributed by atoms with Crippen molar-refractivity contribution in [2.24, 2.45) is 0 Å². The van der Waals surface area contributed by atoms with Gasteiger partial charge in [0, 0.05) is 5.75 Å². The molecule has 0 saturated heterocycles. The number of carbonyl (C=O) groups is 1. The molecular formula is C4H9NO3S. The summed E-state index contributed by atoms with van der Waals surface area (Å²) in [6.45, 7) is 0. The van der Waals surface area contributed by atoms with Crippen LogP contribution in [0.1, 0.15) is 6.42 Å². The SMILES string of the molecule is CNS(=O)CCC(=O)O. The van der Waals surface area contributed by atoms with Crippen molar-refractivity contribution in [2.45, 2.75) is 6.42 Å². The summed E-state index contributed by atoms with van der Waals surface area (Å²) in [5.41, 5.74) is 0. The third kappa shape index (κ3) is 5.45. The van der Waals surface area contributed by atoms with Crippen LogP contribution in [0.5, 0.6) is 0 Å². The summed E-state index contributed by atoms with van der Waals surface area (Å²) in [6.07, 6.45) is -0.0482. The summed E-state index contributed by atoms with van der Waals surface area (Å²) in [6, 6.07) is 0. The van der Waals surface area contributed by atoms with E-state index in [2.05, 4.69) is 4.72 Å². The maximum absolute atomic E-state index is 10.5. The molecule has 0 bridgehead atoms. The van der Waals surface area contributed by atoms with E-state index >= 15 is 0 Å². The summed E-state index contributed by atoms with van der Waals surface area (Å²) < 4.78 is 12.9. The fraction of sp³-hybridized carbons (Fsp3) is 0.750. The van der Waals surface area contributed by atoms with Gasteiger partial charge >= 0.3 is 5.97 Å². The highest BCUT2D eigenvalue weighted by Crippen LogP contribution is 1.81. The minimum atomic E-state index is -1.18. The van der Waals surface area contributed by atoms with Gasteiger partial charge in [0.1, 0.15) is 0 Å². The second-order valence-electron chi connectivity index (χ2n) is 1.40. The fourth-order valence-electron chi connectivity index (χ4n) is 0.282. The van der Waals surface area contributed by atoms with Crippen molar-refractivity contribution in [2.75, 3.05) is 12.8 Å². The molecule has 0 spiro atoms. The second kappa shape index (κ2) is 4.46. The lowest BCUT2D eigenvalue weighted by Crippen LogP contribution is -2.16. The largest absolute Gasteiger partial charge is 0.481 e. The van der Waals surface area contributed by atoms with E-state index in [1.54, 1.807) is 0 Å². The van der Waals surface area contributed by atoms with Crippen LogP contribution in [0.4, 0.5) is 0 Å². The maximum Gasteiger partial charge on any atom is 0.304 e. The topological polar surface area (TPSA) is 66.4 Å². The monoisotopic (exact) mass is 151 g/mol. The van der Waals surface area contributed by atoms with Gasteiger partial charge < -0.3 is 5.11 Å². The quantitative estimate of drug-likeness (QED) is 0.560. The van der Waals surface area contributed by atoms with Crippen molar-refractivity contribution in [1.82, 2.24) is 4.72 Å². The van der Waals surface area contributed by atoms with E-state index in [4.69, 9.17) is 5.11 Å². The van der Waals surface area contributed by atoms with E-state index in [9.17, 15) is 9.00 Å². The Morgan fingerprint density at radius 1 is 1.78 bits per heavy atom. The van der Waals surface area contributed by atoms with Crippen LogP contribution >= 0.6 is 0 Å². The molecule has 5 heteroatoms. The minimum absolute atomic E-state index is 0.0482.